The van der Waals surface area contributed by atoms with E-state index in [-0.39, 0.29) is 35.1 Å². The fourth-order valence-corrected chi connectivity index (χ4v) is 2.43. The molecule has 0 aliphatic heterocycles. The Morgan fingerprint density at radius 3 is 2.77 bits per heavy atom. The van der Waals surface area contributed by atoms with Crippen molar-refractivity contribution in [3.8, 4) is 5.75 Å². The molecule has 0 aliphatic rings. The fourth-order valence-electron chi connectivity index (χ4n) is 2.43. The smallest absolute Gasteiger partial charge is 0.483 e. The van der Waals surface area contributed by atoms with E-state index in [1.165, 1.54) is 30.3 Å². The molecular weight excluding hydrogens is 342 g/mol. The van der Waals surface area contributed by atoms with Crippen LogP contribution in [0.2, 0.25) is 0 Å². The van der Waals surface area contributed by atoms with Gasteiger partial charge in [-0.1, -0.05) is 29.4 Å². The topological polar surface area (TPSA) is 106 Å². The lowest BCUT2D eigenvalue weighted by atomic mass is 9.77. The lowest BCUT2D eigenvalue weighted by Gasteiger charge is -2.09. The van der Waals surface area contributed by atoms with Gasteiger partial charge in [0.15, 0.2) is 18.7 Å². The van der Waals surface area contributed by atoms with E-state index in [0.717, 1.165) is 0 Å². The molecule has 0 radical (unpaired) electrons. The summed E-state index contributed by atoms with van der Waals surface area (Å²) in [6.45, 7) is -0.109. The maximum Gasteiger partial charge on any atom is 0.489 e. The molecule has 2 aromatic carbocycles. The predicted molar refractivity (Wildman–Crippen MR) is 89.5 cm³/mol. The monoisotopic (exact) mass is 356 g/mol. The molecule has 26 heavy (non-hydrogen) atoms. The molecule has 3 aromatic rings. The molecule has 0 bridgehead atoms. The third kappa shape index (κ3) is 4.13. The van der Waals surface area contributed by atoms with Crippen molar-refractivity contribution in [3.05, 3.63) is 71.1 Å². The van der Waals surface area contributed by atoms with Crippen molar-refractivity contribution >= 4 is 18.9 Å². The van der Waals surface area contributed by atoms with Crippen LogP contribution in [0.1, 0.15) is 27.6 Å². The number of aldehydes is 1. The van der Waals surface area contributed by atoms with Gasteiger partial charge in [0.25, 0.3) is 5.89 Å². The number of hydrogen-bond donors (Lipinski definition) is 2. The summed E-state index contributed by atoms with van der Waals surface area (Å²) < 4.78 is 23.7. The molecule has 0 unspecified atom stereocenters. The second-order valence-corrected chi connectivity index (χ2v) is 5.45. The molecule has 7 nitrogen and oxygen atoms in total. The van der Waals surface area contributed by atoms with Crippen LogP contribution in [-0.2, 0) is 13.0 Å². The Labute approximate surface area is 148 Å². The van der Waals surface area contributed by atoms with E-state index < -0.39 is 7.12 Å². The van der Waals surface area contributed by atoms with Gasteiger partial charge in [0.05, 0.1) is 5.56 Å². The highest BCUT2D eigenvalue weighted by molar-refractivity contribution is 6.60. The zero-order valence-corrected chi connectivity index (χ0v) is 13.5. The molecule has 0 aliphatic carbocycles. The third-order valence-corrected chi connectivity index (χ3v) is 3.61. The lowest BCUT2D eigenvalue weighted by Crippen LogP contribution is -2.33. The number of benzene rings is 2. The standard InChI is InChI=1S/C17H14BFN2O5/c19-12-4-1-3-11(7-12)8-16-20-17(26-21-16)10-25-15-6-2-5-14(18(23)24)13(15)9-22/h1-7,9,23-24H,8,10H2. The number of hydrogen-bond acceptors (Lipinski definition) is 7. The maximum absolute atomic E-state index is 13.2. The Balaban J connectivity index is 1.69. The first kappa shape index (κ1) is 17.8. The van der Waals surface area contributed by atoms with Crippen molar-refractivity contribution in [2.24, 2.45) is 0 Å². The maximum atomic E-state index is 13.2. The Hall–Kier alpha value is -3.04. The highest BCUT2D eigenvalue weighted by atomic mass is 19.1. The van der Waals surface area contributed by atoms with Gasteiger partial charge in [-0.15, -0.1) is 0 Å². The Bertz CT molecular complexity index is 916. The van der Waals surface area contributed by atoms with Gasteiger partial charge in [-0.3, -0.25) is 4.79 Å². The van der Waals surface area contributed by atoms with Crippen LogP contribution in [0.5, 0.6) is 5.75 Å². The normalized spacial score (nSPS) is 10.6. The molecule has 0 saturated heterocycles. The van der Waals surface area contributed by atoms with E-state index in [4.69, 9.17) is 9.26 Å². The largest absolute Gasteiger partial charge is 0.489 e. The van der Waals surface area contributed by atoms with E-state index in [0.29, 0.717) is 24.1 Å². The van der Waals surface area contributed by atoms with Crippen molar-refractivity contribution in [3.63, 3.8) is 0 Å². The first-order valence-corrected chi connectivity index (χ1v) is 7.69. The van der Waals surface area contributed by atoms with Crippen molar-refractivity contribution < 1.29 is 28.5 Å². The van der Waals surface area contributed by atoms with E-state index in [1.807, 2.05) is 0 Å². The van der Waals surface area contributed by atoms with E-state index >= 15 is 0 Å². The SMILES string of the molecule is O=Cc1c(OCc2nc(Cc3cccc(F)c3)no2)cccc1B(O)O. The minimum atomic E-state index is -1.79. The summed E-state index contributed by atoms with van der Waals surface area (Å²) in [7, 11) is -1.79. The van der Waals surface area contributed by atoms with Crippen LogP contribution in [0.15, 0.2) is 47.0 Å². The molecule has 0 saturated carbocycles. The van der Waals surface area contributed by atoms with Gasteiger partial charge in [-0.2, -0.15) is 4.98 Å². The lowest BCUT2D eigenvalue weighted by molar-refractivity contribution is 0.111. The van der Waals surface area contributed by atoms with Gasteiger partial charge < -0.3 is 19.3 Å². The molecule has 0 spiro atoms. The quantitative estimate of drug-likeness (QED) is 0.478. The molecule has 0 atom stereocenters. The van der Waals surface area contributed by atoms with Gasteiger partial charge in [0.2, 0.25) is 0 Å². The van der Waals surface area contributed by atoms with Gasteiger partial charge in [0.1, 0.15) is 11.6 Å². The van der Waals surface area contributed by atoms with E-state index in [9.17, 15) is 19.2 Å². The first-order valence-electron chi connectivity index (χ1n) is 7.69. The number of carbonyl (C=O) groups excluding carboxylic acids is 1. The Morgan fingerprint density at radius 2 is 2.04 bits per heavy atom. The summed E-state index contributed by atoms with van der Waals surface area (Å²) in [5, 5.41) is 22.4. The summed E-state index contributed by atoms with van der Waals surface area (Å²) in [5.74, 6) is 0.352. The van der Waals surface area contributed by atoms with Gasteiger partial charge in [-0.25, -0.2) is 4.39 Å². The minimum absolute atomic E-state index is 0.0296. The molecule has 2 N–H and O–H groups in total. The van der Waals surface area contributed by atoms with Crippen LogP contribution >= 0.6 is 0 Å². The van der Waals surface area contributed by atoms with Gasteiger partial charge in [-0.05, 0) is 29.2 Å². The zero-order valence-electron chi connectivity index (χ0n) is 13.5. The van der Waals surface area contributed by atoms with Crippen LogP contribution in [0, 0.1) is 5.82 Å². The van der Waals surface area contributed by atoms with Crippen molar-refractivity contribution in [2.45, 2.75) is 13.0 Å². The number of halogens is 1. The summed E-state index contributed by atoms with van der Waals surface area (Å²) in [6.07, 6.45) is 0.778. The van der Waals surface area contributed by atoms with E-state index in [2.05, 4.69) is 10.1 Å². The van der Waals surface area contributed by atoms with Gasteiger partial charge in [0, 0.05) is 6.42 Å². The van der Waals surface area contributed by atoms with Crippen LogP contribution in [0.25, 0.3) is 0 Å². The summed E-state index contributed by atoms with van der Waals surface area (Å²) in [6, 6.07) is 10.5. The van der Waals surface area contributed by atoms with Crippen molar-refractivity contribution in [1.29, 1.82) is 0 Å². The van der Waals surface area contributed by atoms with Crippen LogP contribution in [0.3, 0.4) is 0 Å². The number of rotatable bonds is 7. The molecule has 0 amide bonds. The van der Waals surface area contributed by atoms with Crippen LogP contribution in [0.4, 0.5) is 4.39 Å². The average molecular weight is 356 g/mol. The van der Waals surface area contributed by atoms with E-state index in [1.54, 1.807) is 12.1 Å². The number of nitrogens with zero attached hydrogens (tertiary/aromatic N) is 2. The second kappa shape index (κ2) is 7.90. The molecule has 9 heteroatoms. The molecule has 1 heterocycles. The highest BCUT2D eigenvalue weighted by Crippen LogP contribution is 2.17. The molecule has 0 fully saturated rings. The second-order valence-electron chi connectivity index (χ2n) is 5.45. The third-order valence-electron chi connectivity index (χ3n) is 3.61. The number of carbonyl (C=O) groups is 1. The van der Waals surface area contributed by atoms with Crippen LogP contribution < -0.4 is 10.2 Å². The summed E-state index contributed by atoms with van der Waals surface area (Å²) in [5.41, 5.74) is 0.767. The molecule has 3 rings (SSSR count). The first-order chi connectivity index (χ1) is 12.6. The zero-order chi connectivity index (χ0) is 18.5. The minimum Gasteiger partial charge on any atom is -0.483 e. The number of ether oxygens (including phenoxy) is 1. The average Bonchev–Trinajstić information content (AvgIpc) is 3.06. The Kier molecular flexibility index (Phi) is 5.40. The summed E-state index contributed by atoms with van der Waals surface area (Å²) >= 11 is 0. The molecular formula is C17H14BFN2O5. The number of aromatic nitrogens is 2. The van der Waals surface area contributed by atoms with Crippen molar-refractivity contribution in [2.75, 3.05) is 0 Å². The fraction of sp³-hybridized carbons (Fsp3) is 0.118. The highest BCUT2D eigenvalue weighted by Gasteiger charge is 2.19. The summed E-state index contributed by atoms with van der Waals surface area (Å²) in [4.78, 5) is 15.4. The van der Waals surface area contributed by atoms with Crippen molar-refractivity contribution in [1.82, 2.24) is 10.1 Å². The predicted octanol–water partition coefficient (Wildman–Crippen LogP) is 0.871. The van der Waals surface area contributed by atoms with Gasteiger partial charge >= 0.3 is 7.12 Å². The molecule has 1 aromatic heterocycles. The van der Waals surface area contributed by atoms with Crippen LogP contribution in [-0.4, -0.2) is 33.6 Å². The molecule has 132 valence electrons. The Morgan fingerprint density at radius 1 is 1.23 bits per heavy atom.